The highest BCUT2D eigenvalue weighted by atomic mass is 14.5. The molecule has 4 heteroatoms. The monoisotopic (exact) mass is 438 g/mol. The second kappa shape index (κ2) is 12.2. The summed E-state index contributed by atoms with van der Waals surface area (Å²) in [5.41, 5.74) is 31.2. The van der Waals surface area contributed by atoms with Gasteiger partial charge in [-0.15, -0.1) is 0 Å². The van der Waals surface area contributed by atoms with E-state index in [1.807, 2.05) is 48.5 Å². The molecule has 0 spiro atoms. The molecule has 4 aromatic carbocycles. The Morgan fingerprint density at radius 2 is 0.515 bits per heavy atom. The lowest BCUT2D eigenvalue weighted by molar-refractivity contribution is 0.821. The van der Waals surface area contributed by atoms with E-state index < -0.39 is 0 Å². The molecule has 0 amide bonds. The van der Waals surface area contributed by atoms with Crippen molar-refractivity contribution in [3.8, 4) is 0 Å². The standard InChI is InChI=1S/C15H18N2.C14H16N2/c16-14-8-4-12(5-9-14)2-1-3-13-6-10-15(17)11-7-13;15-13-7-3-11(4-8-13)1-2-12-5-9-14(16)10-6-12/h4-11H,1-3,16-17H2;3-10H,1-2,15-16H2. The van der Waals surface area contributed by atoms with E-state index in [0.717, 1.165) is 54.9 Å². The zero-order chi connectivity index (χ0) is 23.5. The van der Waals surface area contributed by atoms with Crippen LogP contribution in [0.3, 0.4) is 0 Å². The summed E-state index contributed by atoms with van der Waals surface area (Å²) < 4.78 is 0. The Morgan fingerprint density at radius 1 is 0.303 bits per heavy atom. The van der Waals surface area contributed by atoms with E-state index in [-0.39, 0.29) is 0 Å². The first-order valence-corrected chi connectivity index (χ1v) is 11.4. The van der Waals surface area contributed by atoms with Crippen LogP contribution in [0.25, 0.3) is 0 Å². The molecule has 0 aromatic heterocycles. The van der Waals surface area contributed by atoms with Crippen molar-refractivity contribution in [2.24, 2.45) is 0 Å². The molecule has 0 unspecified atom stereocenters. The highest BCUT2D eigenvalue weighted by Crippen LogP contribution is 2.13. The average molecular weight is 439 g/mol. The minimum absolute atomic E-state index is 0.816. The number of nitrogen functional groups attached to an aromatic ring is 4. The van der Waals surface area contributed by atoms with Crippen LogP contribution in [0.4, 0.5) is 22.7 Å². The van der Waals surface area contributed by atoms with Crippen molar-refractivity contribution in [2.45, 2.75) is 32.1 Å². The maximum Gasteiger partial charge on any atom is 0.0314 e. The van der Waals surface area contributed by atoms with Gasteiger partial charge in [0.2, 0.25) is 0 Å². The zero-order valence-corrected chi connectivity index (χ0v) is 19.1. The first kappa shape index (κ1) is 23.7. The normalized spacial score (nSPS) is 10.3. The van der Waals surface area contributed by atoms with Crippen molar-refractivity contribution in [1.82, 2.24) is 0 Å². The molecule has 0 aliphatic rings. The Labute approximate surface area is 197 Å². The topological polar surface area (TPSA) is 104 Å². The average Bonchev–Trinajstić information content (AvgIpc) is 2.83. The van der Waals surface area contributed by atoms with Gasteiger partial charge in [0.25, 0.3) is 0 Å². The van der Waals surface area contributed by atoms with Crippen molar-refractivity contribution in [2.75, 3.05) is 22.9 Å². The van der Waals surface area contributed by atoms with Crippen LogP contribution in [0.1, 0.15) is 28.7 Å². The van der Waals surface area contributed by atoms with Crippen LogP contribution in [0.15, 0.2) is 97.1 Å². The summed E-state index contributed by atoms with van der Waals surface area (Å²) in [6, 6.07) is 32.3. The summed E-state index contributed by atoms with van der Waals surface area (Å²) in [7, 11) is 0. The van der Waals surface area contributed by atoms with E-state index in [1.54, 1.807) is 0 Å². The van der Waals surface area contributed by atoms with Crippen LogP contribution in [-0.2, 0) is 25.7 Å². The van der Waals surface area contributed by atoms with E-state index in [4.69, 9.17) is 22.9 Å². The fourth-order valence-electron chi connectivity index (χ4n) is 3.52. The van der Waals surface area contributed by atoms with Crippen LogP contribution >= 0.6 is 0 Å². The number of hydrogen-bond donors (Lipinski definition) is 4. The van der Waals surface area contributed by atoms with E-state index >= 15 is 0 Å². The van der Waals surface area contributed by atoms with E-state index in [0.29, 0.717) is 0 Å². The van der Waals surface area contributed by atoms with Gasteiger partial charge >= 0.3 is 0 Å². The number of nitrogens with two attached hydrogens (primary N) is 4. The van der Waals surface area contributed by atoms with Gasteiger partial charge in [-0.05, 0) is 103 Å². The predicted molar refractivity (Wildman–Crippen MR) is 143 cm³/mol. The molecule has 0 radical (unpaired) electrons. The molecule has 0 bridgehead atoms. The van der Waals surface area contributed by atoms with Gasteiger partial charge in [-0.1, -0.05) is 48.5 Å². The second-order valence-electron chi connectivity index (χ2n) is 8.32. The lowest BCUT2D eigenvalue weighted by atomic mass is 10.0. The van der Waals surface area contributed by atoms with Gasteiger partial charge in [0.1, 0.15) is 0 Å². The molecular weight excluding hydrogens is 404 g/mol. The fourth-order valence-corrected chi connectivity index (χ4v) is 3.52. The Bertz CT molecular complexity index is 993. The van der Waals surface area contributed by atoms with Gasteiger partial charge < -0.3 is 22.9 Å². The zero-order valence-electron chi connectivity index (χ0n) is 19.1. The van der Waals surface area contributed by atoms with Gasteiger partial charge in [0.05, 0.1) is 0 Å². The van der Waals surface area contributed by atoms with Crippen LogP contribution in [-0.4, -0.2) is 0 Å². The maximum atomic E-state index is 5.65. The Morgan fingerprint density at radius 3 is 0.758 bits per heavy atom. The lowest BCUT2D eigenvalue weighted by Gasteiger charge is -2.03. The van der Waals surface area contributed by atoms with Crippen LogP contribution in [0.2, 0.25) is 0 Å². The minimum Gasteiger partial charge on any atom is -0.399 e. The van der Waals surface area contributed by atoms with E-state index in [1.165, 1.54) is 22.3 Å². The summed E-state index contributed by atoms with van der Waals surface area (Å²) >= 11 is 0. The molecule has 0 atom stereocenters. The molecule has 0 fully saturated rings. The van der Waals surface area contributed by atoms with Gasteiger partial charge in [-0.25, -0.2) is 0 Å². The van der Waals surface area contributed by atoms with Crippen molar-refractivity contribution in [1.29, 1.82) is 0 Å². The second-order valence-corrected chi connectivity index (χ2v) is 8.32. The van der Waals surface area contributed by atoms with Crippen LogP contribution < -0.4 is 22.9 Å². The lowest BCUT2D eigenvalue weighted by Crippen LogP contribution is -1.93. The van der Waals surface area contributed by atoms with Crippen molar-refractivity contribution in [3.05, 3.63) is 119 Å². The largest absolute Gasteiger partial charge is 0.399 e. The SMILES string of the molecule is Nc1ccc(CCCc2ccc(N)cc2)cc1.Nc1ccc(CCc2ccc(N)cc2)cc1. The number of benzene rings is 4. The smallest absolute Gasteiger partial charge is 0.0314 e. The molecule has 0 heterocycles. The number of aryl methyl sites for hydroxylation is 4. The fraction of sp³-hybridized carbons (Fsp3) is 0.172. The third-order valence-electron chi connectivity index (χ3n) is 5.55. The molecule has 33 heavy (non-hydrogen) atoms. The molecule has 0 aliphatic heterocycles. The molecule has 0 saturated heterocycles. The van der Waals surface area contributed by atoms with E-state index in [2.05, 4.69) is 48.5 Å². The molecule has 8 N–H and O–H groups in total. The van der Waals surface area contributed by atoms with Crippen molar-refractivity contribution < 1.29 is 0 Å². The van der Waals surface area contributed by atoms with Crippen LogP contribution in [0, 0.1) is 0 Å². The highest BCUT2D eigenvalue weighted by molar-refractivity contribution is 5.42. The van der Waals surface area contributed by atoms with Gasteiger partial charge in [-0.3, -0.25) is 0 Å². The molecule has 0 saturated carbocycles. The Hall–Kier alpha value is -3.92. The quantitative estimate of drug-likeness (QED) is 0.279. The van der Waals surface area contributed by atoms with Gasteiger partial charge in [-0.2, -0.15) is 0 Å². The summed E-state index contributed by atoms with van der Waals surface area (Å²) in [5, 5.41) is 0. The van der Waals surface area contributed by atoms with E-state index in [9.17, 15) is 0 Å². The summed E-state index contributed by atoms with van der Waals surface area (Å²) in [6.45, 7) is 0. The third-order valence-corrected chi connectivity index (χ3v) is 5.55. The first-order chi connectivity index (χ1) is 16.0. The highest BCUT2D eigenvalue weighted by Gasteiger charge is 1.97. The van der Waals surface area contributed by atoms with Crippen LogP contribution in [0.5, 0.6) is 0 Å². The number of anilines is 4. The van der Waals surface area contributed by atoms with Gasteiger partial charge in [0, 0.05) is 22.7 Å². The summed E-state index contributed by atoms with van der Waals surface area (Å²) in [4.78, 5) is 0. The first-order valence-electron chi connectivity index (χ1n) is 11.4. The molecule has 0 aliphatic carbocycles. The molecule has 4 nitrogen and oxygen atoms in total. The number of hydrogen-bond acceptors (Lipinski definition) is 4. The minimum atomic E-state index is 0.816. The summed E-state index contributed by atoms with van der Waals surface area (Å²) in [5.74, 6) is 0. The Balaban J connectivity index is 0.000000186. The third kappa shape index (κ3) is 8.62. The predicted octanol–water partition coefficient (Wildman–Crippen LogP) is 5.66. The number of rotatable bonds is 7. The Kier molecular flexibility index (Phi) is 8.78. The van der Waals surface area contributed by atoms with Gasteiger partial charge in [0.15, 0.2) is 0 Å². The summed E-state index contributed by atoms with van der Waals surface area (Å²) in [6.07, 6.45) is 5.39. The van der Waals surface area contributed by atoms with Crippen molar-refractivity contribution in [3.63, 3.8) is 0 Å². The molecular formula is C29H34N4. The van der Waals surface area contributed by atoms with Crippen molar-refractivity contribution >= 4 is 22.7 Å². The molecule has 170 valence electrons. The molecule has 4 rings (SSSR count). The molecule has 4 aromatic rings. The maximum absolute atomic E-state index is 5.65.